The van der Waals surface area contributed by atoms with Gasteiger partial charge in [0.2, 0.25) is 0 Å². The Kier molecular flexibility index (Phi) is 1.87. The Labute approximate surface area is 94.4 Å². The first-order valence-corrected chi connectivity index (χ1v) is 5.86. The molecule has 1 heterocycles. The van der Waals surface area contributed by atoms with Crippen LogP contribution in [0.15, 0.2) is 23.8 Å². The third-order valence-electron chi connectivity index (χ3n) is 3.68. The summed E-state index contributed by atoms with van der Waals surface area (Å²) in [5.41, 5.74) is 0.567. The van der Waals surface area contributed by atoms with Crippen molar-refractivity contribution in [1.29, 1.82) is 0 Å². The highest BCUT2D eigenvalue weighted by Gasteiger charge is 2.66. The molecule has 0 aromatic carbocycles. The lowest BCUT2D eigenvalue weighted by Gasteiger charge is -2.14. The van der Waals surface area contributed by atoms with Crippen LogP contribution in [0.2, 0.25) is 0 Å². The summed E-state index contributed by atoms with van der Waals surface area (Å²) < 4.78 is 0. The second kappa shape index (κ2) is 3.01. The summed E-state index contributed by atoms with van der Waals surface area (Å²) in [7, 11) is 0. The van der Waals surface area contributed by atoms with Crippen molar-refractivity contribution in [1.82, 2.24) is 5.32 Å². The molecule has 1 aliphatic heterocycles. The molecule has 2 aliphatic carbocycles. The van der Waals surface area contributed by atoms with E-state index < -0.39 is 0 Å². The molecule has 1 saturated carbocycles. The van der Waals surface area contributed by atoms with Crippen LogP contribution in [-0.2, 0) is 4.79 Å². The van der Waals surface area contributed by atoms with Crippen LogP contribution in [0, 0.1) is 11.3 Å². The van der Waals surface area contributed by atoms with Crippen molar-refractivity contribution in [3.05, 3.63) is 23.8 Å². The van der Waals surface area contributed by atoms with Gasteiger partial charge in [0.15, 0.2) is 5.78 Å². The minimum Gasteiger partial charge on any atom is -0.378 e. The summed E-state index contributed by atoms with van der Waals surface area (Å²) in [6.07, 6.45) is 9.08. The second-order valence-corrected chi connectivity index (χ2v) is 4.96. The van der Waals surface area contributed by atoms with Gasteiger partial charge in [-0.15, -0.1) is 0 Å². The van der Waals surface area contributed by atoms with Crippen molar-refractivity contribution in [3.8, 4) is 0 Å². The molecule has 0 amide bonds. The summed E-state index contributed by atoms with van der Waals surface area (Å²) in [4.78, 5) is 13.1. The van der Waals surface area contributed by atoms with Crippen LogP contribution in [0.5, 0.6) is 0 Å². The maximum atomic E-state index is 12.3. The Balaban J connectivity index is 1.89. The van der Waals surface area contributed by atoms with E-state index in [1.165, 1.54) is 0 Å². The Bertz CT molecular complexity index is 410. The number of ketones is 1. The van der Waals surface area contributed by atoms with Gasteiger partial charge in [0, 0.05) is 12.1 Å². The summed E-state index contributed by atoms with van der Waals surface area (Å²) >= 11 is 5.26. The summed E-state index contributed by atoms with van der Waals surface area (Å²) in [5.74, 6) is 0.715. The van der Waals surface area contributed by atoms with Crippen LogP contribution in [0.4, 0.5) is 0 Å². The number of allylic oxidation sites excluding steroid dienone is 4. The lowest BCUT2D eigenvalue weighted by Crippen LogP contribution is -2.30. The van der Waals surface area contributed by atoms with Gasteiger partial charge < -0.3 is 5.32 Å². The molecule has 15 heavy (non-hydrogen) atoms. The van der Waals surface area contributed by atoms with E-state index >= 15 is 0 Å². The van der Waals surface area contributed by atoms with Crippen LogP contribution in [0.25, 0.3) is 0 Å². The van der Waals surface area contributed by atoms with Gasteiger partial charge in [-0.25, -0.2) is 0 Å². The lowest BCUT2D eigenvalue weighted by molar-refractivity contribution is -0.118. The molecule has 0 bridgehead atoms. The Morgan fingerprint density at radius 2 is 2.40 bits per heavy atom. The van der Waals surface area contributed by atoms with Crippen LogP contribution < -0.4 is 5.32 Å². The number of Topliss-reactive ketones (excluding diaryl/α,β-unsaturated/α-hetero) is 1. The number of nitrogens with one attached hydrogen (secondary N) is 1. The molecular formula is C12H13NOS. The molecule has 1 saturated heterocycles. The fraction of sp³-hybridized carbons (Fsp3) is 0.500. The molecule has 3 rings (SSSR count). The van der Waals surface area contributed by atoms with Gasteiger partial charge in [-0.1, -0.05) is 30.4 Å². The third-order valence-corrected chi connectivity index (χ3v) is 4.19. The molecule has 2 nitrogen and oxygen atoms in total. The number of rotatable bonds is 2. The minimum absolute atomic E-state index is 0.249. The fourth-order valence-corrected chi connectivity index (χ4v) is 3.07. The standard InChI is InChI=1S/C12H13NOS/c14-10(8-4-2-1-3-5-8)12-6-9(12)7-13-11(12)15/h2,4-5,9H,1,3,6-7H2,(H,13,15). The number of carbonyl (C=O) groups is 1. The maximum Gasteiger partial charge on any atom is 0.175 e. The largest absolute Gasteiger partial charge is 0.378 e. The number of thiocarbonyl (C=S) groups is 1. The Morgan fingerprint density at radius 3 is 2.93 bits per heavy atom. The molecule has 3 aliphatic rings. The van der Waals surface area contributed by atoms with Crippen molar-refractivity contribution in [2.75, 3.05) is 6.54 Å². The molecule has 78 valence electrons. The van der Waals surface area contributed by atoms with Crippen LogP contribution in [0.1, 0.15) is 19.3 Å². The Hall–Kier alpha value is -0.960. The number of piperidine rings is 1. The van der Waals surface area contributed by atoms with Crippen LogP contribution in [-0.4, -0.2) is 17.3 Å². The highest BCUT2D eigenvalue weighted by Crippen LogP contribution is 2.58. The van der Waals surface area contributed by atoms with Gasteiger partial charge in [0.25, 0.3) is 0 Å². The van der Waals surface area contributed by atoms with Crippen molar-refractivity contribution < 1.29 is 4.79 Å². The summed E-state index contributed by atoms with van der Waals surface area (Å²) in [5, 5.41) is 3.14. The molecule has 0 radical (unpaired) electrons. The minimum atomic E-state index is -0.303. The third kappa shape index (κ3) is 1.16. The van der Waals surface area contributed by atoms with Crippen molar-refractivity contribution in [2.45, 2.75) is 19.3 Å². The average molecular weight is 219 g/mol. The summed E-state index contributed by atoms with van der Waals surface area (Å²) in [6.45, 7) is 0.890. The maximum absolute atomic E-state index is 12.3. The zero-order valence-corrected chi connectivity index (χ0v) is 9.27. The van der Waals surface area contributed by atoms with Crippen LogP contribution >= 0.6 is 12.2 Å². The van der Waals surface area contributed by atoms with Gasteiger partial charge in [0.05, 0.1) is 10.4 Å². The highest BCUT2D eigenvalue weighted by atomic mass is 32.1. The molecule has 2 unspecified atom stereocenters. The van der Waals surface area contributed by atoms with Crippen molar-refractivity contribution >= 4 is 23.0 Å². The number of fused-ring (bicyclic) bond motifs is 1. The molecule has 0 aromatic rings. The zero-order valence-electron chi connectivity index (χ0n) is 8.45. The van der Waals surface area contributed by atoms with Gasteiger partial charge in [-0.05, 0) is 25.2 Å². The smallest absolute Gasteiger partial charge is 0.175 e. The first kappa shape index (κ1) is 9.28. The molecule has 1 N–H and O–H groups in total. The molecule has 0 spiro atoms. The van der Waals surface area contributed by atoms with Gasteiger partial charge in [0.1, 0.15) is 0 Å². The molecule has 2 atom stereocenters. The van der Waals surface area contributed by atoms with E-state index in [2.05, 4.69) is 11.4 Å². The van der Waals surface area contributed by atoms with Gasteiger partial charge in [-0.3, -0.25) is 4.79 Å². The fourth-order valence-electron chi connectivity index (χ4n) is 2.65. The average Bonchev–Trinajstić information content (AvgIpc) is 2.94. The molecule has 2 fully saturated rings. The van der Waals surface area contributed by atoms with Gasteiger partial charge in [-0.2, -0.15) is 0 Å². The van der Waals surface area contributed by atoms with E-state index in [1.54, 1.807) is 0 Å². The SMILES string of the molecule is O=C(C1=CCCC=C1)C12CC1CNC2=S. The number of hydrogen-bond donors (Lipinski definition) is 1. The zero-order chi connectivity index (χ0) is 10.5. The number of hydrogen-bond acceptors (Lipinski definition) is 2. The molecular weight excluding hydrogens is 206 g/mol. The highest BCUT2D eigenvalue weighted by molar-refractivity contribution is 7.80. The molecule has 0 aromatic heterocycles. The van der Waals surface area contributed by atoms with Gasteiger partial charge >= 0.3 is 0 Å². The normalized spacial score (nSPS) is 36.9. The van der Waals surface area contributed by atoms with Crippen molar-refractivity contribution in [3.63, 3.8) is 0 Å². The topological polar surface area (TPSA) is 29.1 Å². The predicted molar refractivity (Wildman–Crippen MR) is 62.6 cm³/mol. The van der Waals surface area contributed by atoms with Crippen LogP contribution in [0.3, 0.4) is 0 Å². The quantitative estimate of drug-likeness (QED) is 0.718. The molecule has 3 heteroatoms. The van der Waals surface area contributed by atoms with E-state index in [4.69, 9.17) is 12.2 Å². The number of carbonyl (C=O) groups excluding carboxylic acids is 1. The van der Waals surface area contributed by atoms with E-state index in [1.807, 2.05) is 12.2 Å². The van der Waals surface area contributed by atoms with E-state index in [9.17, 15) is 4.79 Å². The summed E-state index contributed by atoms with van der Waals surface area (Å²) in [6, 6.07) is 0. The Morgan fingerprint density at radius 1 is 1.53 bits per heavy atom. The lowest BCUT2D eigenvalue weighted by atomic mass is 9.91. The first-order chi connectivity index (χ1) is 7.25. The second-order valence-electron chi connectivity index (χ2n) is 4.55. The van der Waals surface area contributed by atoms with Crippen molar-refractivity contribution in [2.24, 2.45) is 11.3 Å². The predicted octanol–water partition coefficient (Wildman–Crippen LogP) is 1.77. The first-order valence-electron chi connectivity index (χ1n) is 5.45. The monoisotopic (exact) mass is 219 g/mol. The van der Waals surface area contributed by atoms with E-state index in [-0.39, 0.29) is 11.2 Å². The van der Waals surface area contributed by atoms with E-state index in [0.29, 0.717) is 5.92 Å². The van der Waals surface area contributed by atoms with E-state index in [0.717, 1.165) is 36.4 Å².